The van der Waals surface area contributed by atoms with Gasteiger partial charge in [0.2, 0.25) is 0 Å². The van der Waals surface area contributed by atoms with Gasteiger partial charge >= 0.3 is 0 Å². The quantitative estimate of drug-likeness (QED) is 0.589. The number of hydrogen-bond acceptors (Lipinski definition) is 4. The zero-order valence-electron chi connectivity index (χ0n) is 10.6. The highest BCUT2D eigenvalue weighted by Crippen LogP contribution is 2.10. The van der Waals surface area contributed by atoms with Gasteiger partial charge in [0.15, 0.2) is 0 Å². The summed E-state index contributed by atoms with van der Waals surface area (Å²) in [7, 11) is 0. The Morgan fingerprint density at radius 2 is 1.41 bits per heavy atom. The van der Waals surface area contributed by atoms with E-state index in [2.05, 4.69) is 10.2 Å². The molecule has 98 valence electrons. The Morgan fingerprint density at radius 1 is 0.765 bits per heavy atom. The van der Waals surface area contributed by atoms with Gasteiger partial charge in [-0.1, -0.05) is 44.9 Å². The molecule has 0 bridgehead atoms. The Kier molecular flexibility index (Phi) is 9.65. The normalized spacial score (nSPS) is 21.6. The van der Waals surface area contributed by atoms with Crippen molar-refractivity contribution in [3.63, 3.8) is 0 Å². The van der Waals surface area contributed by atoms with E-state index >= 15 is 0 Å². The van der Waals surface area contributed by atoms with Gasteiger partial charge in [-0.3, -0.25) is 0 Å². The van der Waals surface area contributed by atoms with Crippen LogP contribution in [-0.4, -0.2) is 13.2 Å². The van der Waals surface area contributed by atoms with E-state index in [1.54, 1.807) is 0 Å². The summed E-state index contributed by atoms with van der Waals surface area (Å²) in [6.07, 6.45) is 14.4. The maximum absolute atomic E-state index is 4.97. The van der Waals surface area contributed by atoms with Crippen LogP contribution in [0.25, 0.3) is 0 Å². The molecule has 0 atom stereocenters. The van der Waals surface area contributed by atoms with Crippen molar-refractivity contribution in [1.29, 1.82) is 0 Å². The number of nitrogens with zero attached hydrogens (tertiary/aromatic N) is 2. The van der Waals surface area contributed by atoms with Crippen LogP contribution in [0.2, 0.25) is 0 Å². The van der Waals surface area contributed by atoms with Gasteiger partial charge in [-0.15, -0.1) is 0 Å². The highest BCUT2D eigenvalue weighted by atomic mass is 17.2. The van der Waals surface area contributed by atoms with Gasteiger partial charge in [0, 0.05) is 0 Å². The summed E-state index contributed by atoms with van der Waals surface area (Å²) >= 11 is 0. The van der Waals surface area contributed by atoms with Crippen LogP contribution >= 0.6 is 0 Å². The van der Waals surface area contributed by atoms with Crippen molar-refractivity contribution in [2.45, 2.75) is 57.8 Å². The molecule has 0 saturated heterocycles. The number of azo groups is 1. The monoisotopic (exact) mass is 240 g/mol. The van der Waals surface area contributed by atoms with E-state index in [1.807, 2.05) is 0 Å². The second kappa shape index (κ2) is 11.6. The fourth-order valence-corrected chi connectivity index (χ4v) is 1.83. The smallest absolute Gasteiger partial charge is 0.149 e. The van der Waals surface area contributed by atoms with Crippen molar-refractivity contribution >= 4 is 0 Å². The Labute approximate surface area is 104 Å². The van der Waals surface area contributed by atoms with Gasteiger partial charge in [0.25, 0.3) is 0 Å². The first-order valence-corrected chi connectivity index (χ1v) is 6.80. The van der Waals surface area contributed by atoms with E-state index in [0.29, 0.717) is 6.61 Å². The second-order valence-electron chi connectivity index (χ2n) is 4.37. The van der Waals surface area contributed by atoms with E-state index in [-0.39, 0.29) is 0 Å². The van der Waals surface area contributed by atoms with E-state index in [4.69, 9.17) is 9.78 Å². The summed E-state index contributed by atoms with van der Waals surface area (Å²) in [4.78, 5) is 9.80. The fourth-order valence-electron chi connectivity index (χ4n) is 1.83. The zero-order chi connectivity index (χ0) is 12.0. The van der Waals surface area contributed by atoms with Gasteiger partial charge in [-0.2, -0.15) is 15.1 Å². The Hall–Kier alpha value is -0.900. The van der Waals surface area contributed by atoms with Crippen LogP contribution < -0.4 is 0 Å². The lowest BCUT2D eigenvalue weighted by Gasteiger charge is -2.02. The van der Waals surface area contributed by atoms with Crippen molar-refractivity contribution in [3.8, 4) is 0 Å². The number of rotatable bonds is 0. The Balaban J connectivity index is 2.13. The summed E-state index contributed by atoms with van der Waals surface area (Å²) < 4.78 is 0. The SMILES string of the molecule is C1=COOCCCCCCCCCCCN=N1. The molecule has 0 aliphatic carbocycles. The van der Waals surface area contributed by atoms with Crippen molar-refractivity contribution in [1.82, 2.24) is 0 Å². The lowest BCUT2D eigenvalue weighted by Crippen LogP contribution is -1.92. The molecule has 1 rings (SSSR count). The molecule has 0 spiro atoms. The topological polar surface area (TPSA) is 43.2 Å². The van der Waals surface area contributed by atoms with E-state index in [0.717, 1.165) is 19.4 Å². The van der Waals surface area contributed by atoms with Crippen molar-refractivity contribution in [3.05, 3.63) is 12.5 Å². The van der Waals surface area contributed by atoms with Crippen LogP contribution in [0.3, 0.4) is 0 Å². The van der Waals surface area contributed by atoms with Crippen LogP contribution in [0.5, 0.6) is 0 Å². The summed E-state index contributed by atoms with van der Waals surface area (Å²) in [5.74, 6) is 0. The van der Waals surface area contributed by atoms with Gasteiger partial charge in [0.05, 0.1) is 19.4 Å². The van der Waals surface area contributed by atoms with Crippen LogP contribution in [0.4, 0.5) is 0 Å². The first-order chi connectivity index (χ1) is 8.50. The molecule has 0 amide bonds. The molecule has 1 heterocycles. The van der Waals surface area contributed by atoms with Crippen molar-refractivity contribution < 1.29 is 9.78 Å². The lowest BCUT2D eigenvalue weighted by molar-refractivity contribution is -0.249. The van der Waals surface area contributed by atoms with Crippen LogP contribution in [0.15, 0.2) is 22.7 Å². The maximum atomic E-state index is 4.97. The average Bonchev–Trinajstić information content (AvgIpc) is 2.35. The first kappa shape index (κ1) is 14.2. The summed E-state index contributed by atoms with van der Waals surface area (Å²) in [5, 5.41) is 7.88. The highest BCUT2D eigenvalue weighted by molar-refractivity contribution is 4.66. The molecular formula is C13H24N2O2. The largest absolute Gasteiger partial charge is 0.344 e. The van der Waals surface area contributed by atoms with Gasteiger partial charge in [-0.25, -0.2) is 0 Å². The van der Waals surface area contributed by atoms with Crippen molar-refractivity contribution in [2.24, 2.45) is 10.2 Å². The highest BCUT2D eigenvalue weighted by Gasteiger charge is 1.93. The molecule has 0 radical (unpaired) electrons. The van der Waals surface area contributed by atoms with Gasteiger partial charge in [0.1, 0.15) is 6.26 Å². The molecular weight excluding hydrogens is 216 g/mol. The summed E-state index contributed by atoms with van der Waals surface area (Å²) in [6, 6.07) is 0. The zero-order valence-corrected chi connectivity index (χ0v) is 10.6. The van der Waals surface area contributed by atoms with Gasteiger partial charge in [-0.05, 0) is 12.8 Å². The predicted octanol–water partition coefficient (Wildman–Crippen LogP) is 4.38. The molecule has 0 unspecified atom stereocenters. The molecule has 0 saturated carbocycles. The third-order valence-electron chi connectivity index (χ3n) is 2.82. The summed E-state index contributed by atoms with van der Waals surface area (Å²) in [5.41, 5.74) is 0. The molecule has 17 heavy (non-hydrogen) atoms. The van der Waals surface area contributed by atoms with Crippen LogP contribution in [0, 0.1) is 0 Å². The standard InChI is InChI=1S/C13H24N2O2/c1-2-4-6-8-10-14-15-11-13-17-16-12-9-7-5-3-1/h11,13H,1-10,12H2. The maximum Gasteiger partial charge on any atom is 0.149 e. The lowest BCUT2D eigenvalue weighted by atomic mass is 10.1. The molecule has 0 aromatic rings. The third kappa shape index (κ3) is 10.00. The molecule has 1 aliphatic heterocycles. The average molecular weight is 240 g/mol. The van der Waals surface area contributed by atoms with Crippen molar-refractivity contribution in [2.75, 3.05) is 13.2 Å². The van der Waals surface area contributed by atoms with Crippen LogP contribution in [0.1, 0.15) is 57.8 Å². The minimum atomic E-state index is 0.654. The first-order valence-electron chi connectivity index (χ1n) is 6.80. The fraction of sp³-hybridized carbons (Fsp3) is 0.846. The van der Waals surface area contributed by atoms with Gasteiger partial charge < -0.3 is 4.89 Å². The Morgan fingerprint density at radius 3 is 2.18 bits per heavy atom. The van der Waals surface area contributed by atoms with E-state index in [1.165, 1.54) is 57.4 Å². The predicted molar refractivity (Wildman–Crippen MR) is 67.5 cm³/mol. The van der Waals surface area contributed by atoms with E-state index < -0.39 is 0 Å². The molecule has 1 aliphatic rings. The molecule has 0 N–H and O–H groups in total. The molecule has 0 aromatic carbocycles. The molecule has 4 nitrogen and oxygen atoms in total. The van der Waals surface area contributed by atoms with Crippen LogP contribution in [-0.2, 0) is 9.78 Å². The summed E-state index contributed by atoms with van der Waals surface area (Å²) in [6.45, 7) is 1.46. The minimum Gasteiger partial charge on any atom is -0.344 e. The molecule has 0 aromatic heterocycles. The van der Waals surface area contributed by atoms with E-state index in [9.17, 15) is 0 Å². The molecule has 4 heteroatoms. The molecule has 0 fully saturated rings. The number of hydrogen-bond donors (Lipinski definition) is 0. The minimum absolute atomic E-state index is 0.654. The third-order valence-corrected chi connectivity index (χ3v) is 2.82. The second-order valence-corrected chi connectivity index (χ2v) is 4.37. The Bertz CT molecular complexity index is 195.